The molecule has 0 unspecified atom stereocenters. The van der Waals surface area contributed by atoms with Gasteiger partial charge in [0.1, 0.15) is 17.9 Å². The molecule has 1 aliphatic heterocycles. The number of anilines is 1. The quantitative estimate of drug-likeness (QED) is 0.582. The highest BCUT2D eigenvalue weighted by atomic mass is 35.5. The average molecular weight is 437 g/mol. The summed E-state index contributed by atoms with van der Waals surface area (Å²) < 4.78 is 5.51. The van der Waals surface area contributed by atoms with Crippen LogP contribution in [-0.4, -0.2) is 53.6 Å². The highest BCUT2D eigenvalue weighted by molar-refractivity contribution is 6.30. The fourth-order valence-corrected chi connectivity index (χ4v) is 3.77. The molecule has 1 fully saturated rings. The molecule has 0 atom stereocenters. The Morgan fingerprint density at radius 3 is 2.39 bits per heavy atom. The van der Waals surface area contributed by atoms with Gasteiger partial charge in [-0.2, -0.15) is 0 Å². The van der Waals surface area contributed by atoms with Gasteiger partial charge in [-0.15, -0.1) is 0 Å². The normalized spacial score (nSPS) is 13.9. The van der Waals surface area contributed by atoms with Gasteiger partial charge in [0.15, 0.2) is 0 Å². The number of ether oxygens (including phenoxy) is 1. The number of piperazine rings is 1. The van der Waals surface area contributed by atoms with Crippen molar-refractivity contribution in [3.8, 4) is 17.0 Å². The van der Waals surface area contributed by atoms with Crippen molar-refractivity contribution in [3.05, 3.63) is 71.5 Å². The van der Waals surface area contributed by atoms with Crippen LogP contribution < -0.4 is 9.64 Å². The van der Waals surface area contributed by atoms with Gasteiger partial charge in [-0.25, -0.2) is 9.97 Å². The number of carbonyl (C=O) groups excluding carboxylic acids is 1. The SMILES string of the molecule is CCOc1ccc(-c2cc(N3CCN(C(=O)Cc4ccc(Cl)cc4)CC3)ncn2)cc1. The van der Waals surface area contributed by atoms with Gasteiger partial charge >= 0.3 is 0 Å². The Kier molecular flexibility index (Phi) is 6.67. The van der Waals surface area contributed by atoms with Crippen molar-refractivity contribution < 1.29 is 9.53 Å². The minimum atomic E-state index is 0.139. The van der Waals surface area contributed by atoms with Crippen molar-refractivity contribution in [2.75, 3.05) is 37.7 Å². The fraction of sp³-hybridized carbons (Fsp3) is 0.292. The van der Waals surface area contributed by atoms with E-state index >= 15 is 0 Å². The summed E-state index contributed by atoms with van der Waals surface area (Å²) in [5.74, 6) is 1.86. The molecule has 4 rings (SSSR count). The van der Waals surface area contributed by atoms with Crippen LogP contribution in [-0.2, 0) is 11.2 Å². The summed E-state index contributed by atoms with van der Waals surface area (Å²) in [4.78, 5) is 25.6. The Hall–Kier alpha value is -3.12. The van der Waals surface area contributed by atoms with Crippen LogP contribution in [0.15, 0.2) is 60.9 Å². The summed E-state index contributed by atoms with van der Waals surface area (Å²) in [5.41, 5.74) is 2.87. The topological polar surface area (TPSA) is 58.6 Å². The van der Waals surface area contributed by atoms with Crippen LogP contribution in [0.1, 0.15) is 12.5 Å². The van der Waals surface area contributed by atoms with E-state index in [1.807, 2.05) is 66.4 Å². The van der Waals surface area contributed by atoms with Crippen LogP contribution in [0.4, 0.5) is 5.82 Å². The van der Waals surface area contributed by atoms with Gasteiger partial charge in [-0.3, -0.25) is 4.79 Å². The highest BCUT2D eigenvalue weighted by Gasteiger charge is 2.22. The van der Waals surface area contributed by atoms with Crippen molar-refractivity contribution in [2.45, 2.75) is 13.3 Å². The molecule has 0 spiro atoms. The van der Waals surface area contributed by atoms with Gasteiger partial charge < -0.3 is 14.5 Å². The second-order valence-electron chi connectivity index (χ2n) is 7.39. The maximum absolute atomic E-state index is 12.6. The van der Waals surface area contributed by atoms with Crippen LogP contribution in [0.2, 0.25) is 5.02 Å². The summed E-state index contributed by atoms with van der Waals surface area (Å²) >= 11 is 5.92. The zero-order valence-corrected chi connectivity index (χ0v) is 18.3. The summed E-state index contributed by atoms with van der Waals surface area (Å²) in [5, 5.41) is 0.680. The summed E-state index contributed by atoms with van der Waals surface area (Å²) in [6.45, 7) is 5.45. The highest BCUT2D eigenvalue weighted by Crippen LogP contribution is 2.24. The van der Waals surface area contributed by atoms with Gasteiger partial charge in [-0.05, 0) is 48.9 Å². The van der Waals surface area contributed by atoms with E-state index in [1.54, 1.807) is 6.33 Å². The molecular formula is C24H25ClN4O2. The molecule has 3 aromatic rings. The Bertz CT molecular complexity index is 1020. The van der Waals surface area contributed by atoms with Gasteiger partial charge in [0.2, 0.25) is 5.91 Å². The lowest BCUT2D eigenvalue weighted by molar-refractivity contribution is -0.130. The van der Waals surface area contributed by atoms with Gasteiger partial charge in [0.05, 0.1) is 18.7 Å². The largest absolute Gasteiger partial charge is 0.494 e. The van der Waals surface area contributed by atoms with Crippen molar-refractivity contribution >= 4 is 23.3 Å². The molecule has 2 aromatic carbocycles. The Balaban J connectivity index is 1.37. The predicted octanol–water partition coefficient (Wildman–Crippen LogP) is 4.09. The van der Waals surface area contributed by atoms with E-state index in [0.717, 1.165) is 41.5 Å². The first kappa shape index (κ1) is 21.1. The third kappa shape index (κ3) is 5.33. The van der Waals surface area contributed by atoms with Crippen LogP contribution >= 0.6 is 11.6 Å². The third-order valence-electron chi connectivity index (χ3n) is 5.34. The first-order chi connectivity index (χ1) is 15.1. The Morgan fingerprint density at radius 2 is 1.71 bits per heavy atom. The molecule has 6 nitrogen and oxygen atoms in total. The molecule has 7 heteroatoms. The third-order valence-corrected chi connectivity index (χ3v) is 5.59. The summed E-state index contributed by atoms with van der Waals surface area (Å²) in [6.07, 6.45) is 1.99. The molecule has 1 amide bonds. The minimum Gasteiger partial charge on any atom is -0.494 e. The van der Waals surface area contributed by atoms with Gasteiger partial charge in [0.25, 0.3) is 0 Å². The van der Waals surface area contributed by atoms with Crippen molar-refractivity contribution in [2.24, 2.45) is 0 Å². The van der Waals surface area contributed by atoms with Gasteiger partial charge in [0, 0.05) is 42.8 Å². The zero-order valence-electron chi connectivity index (χ0n) is 17.5. The molecule has 1 aliphatic rings. The molecule has 0 bridgehead atoms. The zero-order chi connectivity index (χ0) is 21.6. The summed E-state index contributed by atoms with van der Waals surface area (Å²) in [6, 6.07) is 17.4. The maximum atomic E-state index is 12.6. The van der Waals surface area contributed by atoms with E-state index in [-0.39, 0.29) is 5.91 Å². The molecule has 0 aliphatic carbocycles. The number of halogens is 1. The Labute approximate surface area is 187 Å². The number of amides is 1. The lowest BCUT2D eigenvalue weighted by atomic mass is 10.1. The molecule has 0 N–H and O–H groups in total. The van der Waals surface area contributed by atoms with E-state index < -0.39 is 0 Å². The Morgan fingerprint density at radius 1 is 1.00 bits per heavy atom. The number of hydrogen-bond acceptors (Lipinski definition) is 5. The molecular weight excluding hydrogens is 412 g/mol. The molecule has 31 heavy (non-hydrogen) atoms. The number of hydrogen-bond donors (Lipinski definition) is 0. The molecule has 1 aromatic heterocycles. The minimum absolute atomic E-state index is 0.139. The number of rotatable bonds is 6. The first-order valence-electron chi connectivity index (χ1n) is 10.4. The number of carbonyl (C=O) groups is 1. The monoisotopic (exact) mass is 436 g/mol. The molecule has 1 saturated heterocycles. The van der Waals surface area contributed by atoms with Crippen molar-refractivity contribution in [1.82, 2.24) is 14.9 Å². The lowest BCUT2D eigenvalue weighted by Crippen LogP contribution is -2.49. The van der Waals surface area contributed by atoms with E-state index in [1.165, 1.54) is 0 Å². The van der Waals surface area contributed by atoms with Crippen molar-refractivity contribution in [3.63, 3.8) is 0 Å². The van der Waals surface area contributed by atoms with Crippen LogP contribution in [0, 0.1) is 0 Å². The fourth-order valence-electron chi connectivity index (χ4n) is 3.64. The predicted molar refractivity (Wildman–Crippen MR) is 123 cm³/mol. The standard InChI is InChI=1S/C24H25ClN4O2/c1-2-31-21-9-5-19(6-10-21)22-16-23(27-17-26-22)28-11-13-29(14-12-28)24(30)15-18-3-7-20(25)8-4-18/h3-10,16-17H,2,11-15H2,1H3. The molecule has 0 radical (unpaired) electrons. The molecule has 160 valence electrons. The van der Waals surface area contributed by atoms with Crippen LogP contribution in [0.3, 0.4) is 0 Å². The maximum Gasteiger partial charge on any atom is 0.227 e. The van der Waals surface area contributed by atoms with Crippen LogP contribution in [0.5, 0.6) is 5.75 Å². The van der Waals surface area contributed by atoms with Crippen LogP contribution in [0.25, 0.3) is 11.3 Å². The van der Waals surface area contributed by atoms with E-state index in [0.29, 0.717) is 31.1 Å². The first-order valence-corrected chi connectivity index (χ1v) is 10.8. The summed E-state index contributed by atoms with van der Waals surface area (Å²) in [7, 11) is 0. The second kappa shape index (κ2) is 9.79. The molecule has 0 saturated carbocycles. The average Bonchev–Trinajstić information content (AvgIpc) is 2.81. The number of nitrogens with zero attached hydrogens (tertiary/aromatic N) is 4. The van der Waals surface area contributed by atoms with E-state index in [4.69, 9.17) is 16.3 Å². The number of aromatic nitrogens is 2. The van der Waals surface area contributed by atoms with E-state index in [2.05, 4.69) is 14.9 Å². The lowest BCUT2D eigenvalue weighted by Gasteiger charge is -2.35. The number of benzene rings is 2. The molecule has 2 heterocycles. The van der Waals surface area contributed by atoms with E-state index in [9.17, 15) is 4.79 Å². The van der Waals surface area contributed by atoms with Gasteiger partial charge in [-0.1, -0.05) is 23.7 Å². The van der Waals surface area contributed by atoms with Crippen molar-refractivity contribution in [1.29, 1.82) is 0 Å². The smallest absolute Gasteiger partial charge is 0.227 e. The second-order valence-corrected chi connectivity index (χ2v) is 7.83.